The highest BCUT2D eigenvalue weighted by Gasteiger charge is 2.06. The topological polar surface area (TPSA) is 32.6 Å². The summed E-state index contributed by atoms with van der Waals surface area (Å²) in [4.78, 5) is 13.8. The molecule has 0 amide bonds. The highest BCUT2D eigenvalue weighted by Crippen LogP contribution is 2.22. The second-order valence-corrected chi connectivity index (χ2v) is 5.23. The van der Waals surface area contributed by atoms with Gasteiger partial charge in [-0.2, -0.15) is 0 Å². The molecule has 16 heavy (non-hydrogen) atoms. The van der Waals surface area contributed by atoms with Gasteiger partial charge in [0.25, 0.3) is 0 Å². The fourth-order valence-corrected chi connectivity index (χ4v) is 1.82. The number of nitrogens with zero attached hydrogens (tertiary/aromatic N) is 1. The first-order chi connectivity index (χ1) is 7.56. The number of hydrogen-bond acceptors (Lipinski definition) is 2. The standard InChI is InChI=1S/C13H20NOP/c1-9(2)11(4)8-14-13-10(3)6-5-7-12(13)16-15/h5-9,11,15-16H,1-4H3/b14-8-. The molecule has 0 fully saturated rings. The molecule has 1 rings (SSSR count). The zero-order chi connectivity index (χ0) is 12.1. The molecule has 0 aliphatic carbocycles. The van der Waals surface area contributed by atoms with Gasteiger partial charge in [-0.1, -0.05) is 39.0 Å². The van der Waals surface area contributed by atoms with E-state index in [0.717, 1.165) is 16.6 Å². The van der Waals surface area contributed by atoms with Crippen LogP contribution in [0.4, 0.5) is 5.69 Å². The van der Waals surface area contributed by atoms with E-state index in [4.69, 9.17) is 0 Å². The Balaban J connectivity index is 2.96. The zero-order valence-electron chi connectivity index (χ0n) is 10.4. The van der Waals surface area contributed by atoms with Crippen LogP contribution in [0.25, 0.3) is 0 Å². The molecule has 88 valence electrons. The summed E-state index contributed by atoms with van der Waals surface area (Å²) >= 11 is 0. The van der Waals surface area contributed by atoms with Crippen molar-refractivity contribution in [2.75, 3.05) is 0 Å². The second kappa shape index (κ2) is 6.12. The van der Waals surface area contributed by atoms with Gasteiger partial charge in [0.05, 0.1) is 5.69 Å². The molecule has 0 aliphatic rings. The van der Waals surface area contributed by atoms with Crippen molar-refractivity contribution < 1.29 is 4.89 Å². The minimum atomic E-state index is -0.191. The highest BCUT2D eigenvalue weighted by molar-refractivity contribution is 7.41. The van der Waals surface area contributed by atoms with Crippen LogP contribution in [-0.2, 0) is 0 Å². The van der Waals surface area contributed by atoms with E-state index in [-0.39, 0.29) is 8.81 Å². The Hall–Kier alpha value is -0.720. The van der Waals surface area contributed by atoms with Gasteiger partial charge in [-0.3, -0.25) is 4.99 Å². The molecule has 3 heteroatoms. The molecular formula is C13H20NOP. The van der Waals surface area contributed by atoms with Gasteiger partial charge in [-0.25, -0.2) is 0 Å². The lowest BCUT2D eigenvalue weighted by molar-refractivity contribution is 0.541. The molecule has 2 unspecified atom stereocenters. The van der Waals surface area contributed by atoms with Crippen LogP contribution in [0.3, 0.4) is 0 Å². The predicted molar refractivity (Wildman–Crippen MR) is 73.5 cm³/mol. The van der Waals surface area contributed by atoms with Crippen molar-refractivity contribution in [2.45, 2.75) is 27.7 Å². The number of hydrogen-bond donors (Lipinski definition) is 1. The largest absolute Gasteiger partial charge is 0.372 e. The van der Waals surface area contributed by atoms with Crippen LogP contribution in [0.2, 0.25) is 0 Å². The Kier molecular flexibility index (Phi) is 5.11. The summed E-state index contributed by atoms with van der Waals surface area (Å²) in [5, 5.41) is 0.923. The van der Waals surface area contributed by atoms with Crippen molar-refractivity contribution >= 4 is 26.0 Å². The van der Waals surface area contributed by atoms with Gasteiger partial charge in [0.1, 0.15) is 0 Å². The molecule has 0 bridgehead atoms. The molecule has 0 aliphatic heterocycles. The van der Waals surface area contributed by atoms with Gasteiger partial charge in [0.15, 0.2) is 0 Å². The van der Waals surface area contributed by atoms with Gasteiger partial charge in [-0.15, -0.1) is 0 Å². The molecule has 0 spiro atoms. The fourth-order valence-electron chi connectivity index (χ4n) is 1.28. The van der Waals surface area contributed by atoms with E-state index >= 15 is 0 Å². The van der Waals surface area contributed by atoms with Crippen molar-refractivity contribution in [3.05, 3.63) is 23.8 Å². The number of aryl methyl sites for hydroxylation is 1. The number of para-hydroxylation sites is 1. The van der Waals surface area contributed by atoms with Gasteiger partial charge >= 0.3 is 0 Å². The van der Waals surface area contributed by atoms with E-state index in [2.05, 4.69) is 25.8 Å². The number of aliphatic imine (C=N–C) groups is 1. The Morgan fingerprint density at radius 1 is 1.31 bits per heavy atom. The zero-order valence-corrected chi connectivity index (χ0v) is 11.4. The van der Waals surface area contributed by atoms with E-state index in [1.165, 1.54) is 0 Å². The summed E-state index contributed by atoms with van der Waals surface area (Å²) < 4.78 is 0. The first kappa shape index (κ1) is 13.3. The Morgan fingerprint density at radius 3 is 2.56 bits per heavy atom. The summed E-state index contributed by atoms with van der Waals surface area (Å²) in [7, 11) is -0.191. The normalized spacial score (nSPS) is 14.4. The highest BCUT2D eigenvalue weighted by atomic mass is 31.1. The first-order valence-electron chi connectivity index (χ1n) is 5.60. The Labute approximate surface area is 99.7 Å². The van der Waals surface area contributed by atoms with Gasteiger partial charge in [0, 0.05) is 20.3 Å². The van der Waals surface area contributed by atoms with Crippen LogP contribution < -0.4 is 5.30 Å². The van der Waals surface area contributed by atoms with E-state index in [1.54, 1.807) is 0 Å². The third-order valence-electron chi connectivity index (χ3n) is 2.85. The molecule has 2 nitrogen and oxygen atoms in total. The van der Waals surface area contributed by atoms with Gasteiger partial charge < -0.3 is 4.89 Å². The van der Waals surface area contributed by atoms with Gasteiger partial charge in [0.2, 0.25) is 0 Å². The smallest absolute Gasteiger partial charge is 0.0751 e. The SMILES string of the molecule is Cc1cccc(PO)c1/N=C\C(C)C(C)C. The number of benzene rings is 1. The van der Waals surface area contributed by atoms with Crippen LogP contribution in [0.15, 0.2) is 23.2 Å². The molecule has 1 N–H and O–H groups in total. The van der Waals surface area contributed by atoms with E-state index in [0.29, 0.717) is 11.8 Å². The van der Waals surface area contributed by atoms with Crippen LogP contribution in [-0.4, -0.2) is 11.1 Å². The molecule has 1 aromatic rings. The van der Waals surface area contributed by atoms with Gasteiger partial charge in [-0.05, 0) is 24.3 Å². The average Bonchev–Trinajstić information content (AvgIpc) is 2.26. The van der Waals surface area contributed by atoms with Crippen molar-refractivity contribution in [2.24, 2.45) is 16.8 Å². The Morgan fingerprint density at radius 2 is 2.00 bits per heavy atom. The van der Waals surface area contributed by atoms with E-state index in [9.17, 15) is 4.89 Å². The summed E-state index contributed by atoms with van der Waals surface area (Å²) in [6.45, 7) is 8.55. The summed E-state index contributed by atoms with van der Waals surface area (Å²) in [6, 6.07) is 5.91. The average molecular weight is 237 g/mol. The minimum absolute atomic E-state index is 0.191. The molecule has 1 aromatic carbocycles. The first-order valence-corrected chi connectivity index (χ1v) is 6.55. The maximum atomic E-state index is 9.27. The molecule has 2 atom stereocenters. The lowest BCUT2D eigenvalue weighted by atomic mass is 10.00. The third kappa shape index (κ3) is 3.40. The van der Waals surface area contributed by atoms with E-state index in [1.807, 2.05) is 31.3 Å². The van der Waals surface area contributed by atoms with Crippen LogP contribution in [0, 0.1) is 18.8 Å². The maximum Gasteiger partial charge on any atom is 0.0751 e. The Bertz CT molecular complexity index is 374. The lowest BCUT2D eigenvalue weighted by Gasteiger charge is -2.10. The monoisotopic (exact) mass is 237 g/mol. The third-order valence-corrected chi connectivity index (χ3v) is 3.49. The van der Waals surface area contributed by atoms with Crippen LogP contribution in [0.5, 0.6) is 0 Å². The van der Waals surface area contributed by atoms with Crippen molar-refractivity contribution in [1.82, 2.24) is 0 Å². The molecule has 0 radical (unpaired) electrons. The van der Waals surface area contributed by atoms with Crippen molar-refractivity contribution in [3.8, 4) is 0 Å². The number of rotatable bonds is 4. The van der Waals surface area contributed by atoms with Crippen LogP contribution in [0.1, 0.15) is 26.3 Å². The van der Waals surface area contributed by atoms with Crippen LogP contribution >= 0.6 is 8.81 Å². The maximum absolute atomic E-state index is 9.27. The van der Waals surface area contributed by atoms with E-state index < -0.39 is 0 Å². The lowest BCUT2D eigenvalue weighted by Crippen LogP contribution is -2.05. The fraction of sp³-hybridized carbons (Fsp3) is 0.462. The minimum Gasteiger partial charge on any atom is -0.372 e. The molecule has 0 saturated heterocycles. The summed E-state index contributed by atoms with van der Waals surface area (Å²) in [5.74, 6) is 1.04. The molecule has 0 heterocycles. The molecular weight excluding hydrogens is 217 g/mol. The quantitative estimate of drug-likeness (QED) is 0.633. The van der Waals surface area contributed by atoms with Crippen molar-refractivity contribution in [1.29, 1.82) is 0 Å². The van der Waals surface area contributed by atoms with Crippen molar-refractivity contribution in [3.63, 3.8) is 0 Å². The summed E-state index contributed by atoms with van der Waals surface area (Å²) in [5.41, 5.74) is 2.04. The second-order valence-electron chi connectivity index (χ2n) is 4.46. The summed E-state index contributed by atoms with van der Waals surface area (Å²) in [6.07, 6.45) is 1.98. The predicted octanol–water partition coefficient (Wildman–Crippen LogP) is 3.20. The molecule has 0 saturated carbocycles. The molecule has 0 aromatic heterocycles.